The summed E-state index contributed by atoms with van der Waals surface area (Å²) in [5, 5.41) is 26.4. The molecule has 3 saturated carbocycles. The van der Waals surface area contributed by atoms with E-state index in [1.54, 1.807) is 6.07 Å². The van der Waals surface area contributed by atoms with Crippen molar-refractivity contribution in [1.82, 2.24) is 10.1 Å². The van der Waals surface area contributed by atoms with Crippen LogP contribution in [0.1, 0.15) is 83.7 Å². The van der Waals surface area contributed by atoms with Crippen molar-refractivity contribution in [2.45, 2.75) is 83.7 Å². The SMILES string of the molecule is Cc1cccc(C)c1OCc1noc(C2CC2)c1CO[C@@H]1C[C@H]2C[C@H](C)[C@@H](C1)[C@]2(O)c1nc2c(F)cc(C#N)cc2s1. The number of ether oxygens (including phenoxy) is 2. The maximum absolute atomic E-state index is 14.7. The average molecular weight is 588 g/mol. The standard InChI is InChI=1S/C33H34FN3O4S/c1-17-5-4-6-18(2)30(17)40-16-27-24(31(41-37-27)21-7-8-21)15-39-23-12-22-9-19(3)25(13-23)33(22,38)32-36-29-26(34)10-20(14-35)11-28(29)42-32/h4-6,10-11,19,21-23,25,38H,7-9,12-13,15-16H2,1-3H3/t19-,22+,23+,25+,33-/m0/s1. The summed E-state index contributed by atoms with van der Waals surface area (Å²) in [7, 11) is 0. The zero-order chi connectivity index (χ0) is 29.2. The first-order valence-electron chi connectivity index (χ1n) is 14.8. The first-order valence-corrected chi connectivity index (χ1v) is 15.6. The topological polar surface area (TPSA) is 101 Å². The van der Waals surface area contributed by atoms with Gasteiger partial charge in [-0.3, -0.25) is 0 Å². The van der Waals surface area contributed by atoms with Crippen molar-refractivity contribution in [2.75, 3.05) is 0 Å². The summed E-state index contributed by atoms with van der Waals surface area (Å²) < 4.78 is 33.9. The van der Waals surface area contributed by atoms with Crippen LogP contribution >= 0.6 is 11.3 Å². The summed E-state index contributed by atoms with van der Waals surface area (Å²) in [4.78, 5) is 4.59. The van der Waals surface area contributed by atoms with Crippen molar-refractivity contribution in [3.8, 4) is 11.8 Å². The Morgan fingerprint density at radius 2 is 1.95 bits per heavy atom. The number of para-hydroxylation sites is 1. The Labute approximate surface area is 248 Å². The molecule has 0 radical (unpaired) electrons. The third kappa shape index (κ3) is 4.61. The number of aromatic nitrogens is 2. The summed E-state index contributed by atoms with van der Waals surface area (Å²) >= 11 is 1.30. The number of hydrogen-bond acceptors (Lipinski definition) is 8. The molecule has 3 aliphatic carbocycles. The Morgan fingerprint density at radius 3 is 2.67 bits per heavy atom. The van der Waals surface area contributed by atoms with E-state index in [2.05, 4.69) is 17.1 Å². The monoisotopic (exact) mass is 587 g/mol. The fraction of sp³-hybridized carbons (Fsp3) is 0.485. The molecule has 218 valence electrons. The normalized spacial score (nSPS) is 27.0. The van der Waals surface area contributed by atoms with Crippen LogP contribution < -0.4 is 4.74 Å². The van der Waals surface area contributed by atoms with Gasteiger partial charge in [-0.25, -0.2) is 9.37 Å². The number of rotatable bonds is 8. The second-order valence-electron chi connectivity index (χ2n) is 12.4. The molecule has 7 rings (SSSR count). The van der Waals surface area contributed by atoms with E-state index in [-0.39, 0.29) is 34.9 Å². The van der Waals surface area contributed by atoms with Crippen LogP contribution in [-0.2, 0) is 23.6 Å². The number of aliphatic hydroxyl groups is 1. The van der Waals surface area contributed by atoms with Crippen molar-refractivity contribution >= 4 is 21.6 Å². The van der Waals surface area contributed by atoms with Gasteiger partial charge in [0.25, 0.3) is 0 Å². The smallest absolute Gasteiger partial charge is 0.151 e. The minimum atomic E-state index is -1.14. The zero-order valence-electron chi connectivity index (χ0n) is 24.0. The quantitative estimate of drug-likeness (QED) is 0.232. The lowest BCUT2D eigenvalue weighted by Crippen LogP contribution is -2.45. The van der Waals surface area contributed by atoms with Crippen LogP contribution in [0.25, 0.3) is 10.2 Å². The molecule has 2 aromatic carbocycles. The lowest BCUT2D eigenvalue weighted by Gasteiger charge is -2.41. The fourth-order valence-corrected chi connectivity index (χ4v) is 8.52. The van der Waals surface area contributed by atoms with E-state index in [9.17, 15) is 14.8 Å². The predicted octanol–water partition coefficient (Wildman–Crippen LogP) is 7.21. The van der Waals surface area contributed by atoms with Crippen molar-refractivity contribution in [1.29, 1.82) is 5.26 Å². The van der Waals surface area contributed by atoms with Gasteiger partial charge in [-0.15, -0.1) is 11.3 Å². The lowest BCUT2D eigenvalue weighted by molar-refractivity contribution is -0.120. The molecule has 3 aliphatic rings. The zero-order valence-corrected chi connectivity index (χ0v) is 24.8. The van der Waals surface area contributed by atoms with E-state index in [1.807, 2.05) is 38.1 Å². The maximum atomic E-state index is 14.7. The molecule has 0 aliphatic heterocycles. The van der Waals surface area contributed by atoms with E-state index in [0.29, 0.717) is 41.7 Å². The predicted molar refractivity (Wildman–Crippen MR) is 155 cm³/mol. The Kier molecular flexibility index (Phi) is 6.84. The van der Waals surface area contributed by atoms with Crippen LogP contribution in [0.3, 0.4) is 0 Å². The van der Waals surface area contributed by atoms with Gasteiger partial charge in [0.05, 0.1) is 29.0 Å². The molecule has 2 aromatic heterocycles. The Hall–Kier alpha value is -3.32. The molecule has 0 amide bonds. The van der Waals surface area contributed by atoms with Crippen LogP contribution in [0.5, 0.6) is 5.75 Å². The minimum Gasteiger partial charge on any atom is -0.487 e. The number of thiazole rings is 1. The number of benzene rings is 2. The van der Waals surface area contributed by atoms with E-state index >= 15 is 0 Å². The van der Waals surface area contributed by atoms with Gasteiger partial charge in [0.15, 0.2) is 5.82 Å². The van der Waals surface area contributed by atoms with Gasteiger partial charge in [-0.2, -0.15) is 5.26 Å². The highest BCUT2D eigenvalue weighted by molar-refractivity contribution is 7.18. The molecule has 7 nitrogen and oxygen atoms in total. The van der Waals surface area contributed by atoms with Crippen molar-refractivity contribution in [3.05, 3.63) is 74.9 Å². The van der Waals surface area contributed by atoms with Gasteiger partial charge >= 0.3 is 0 Å². The summed E-state index contributed by atoms with van der Waals surface area (Å²) in [6, 6.07) is 11.0. The molecule has 2 heterocycles. The van der Waals surface area contributed by atoms with E-state index in [4.69, 9.17) is 14.0 Å². The van der Waals surface area contributed by atoms with Crippen LogP contribution in [0.2, 0.25) is 0 Å². The number of aryl methyl sites for hydroxylation is 2. The molecular weight excluding hydrogens is 553 g/mol. The number of nitrogens with zero attached hydrogens (tertiary/aromatic N) is 3. The van der Waals surface area contributed by atoms with Crippen molar-refractivity contribution in [3.63, 3.8) is 0 Å². The van der Waals surface area contributed by atoms with E-state index in [1.165, 1.54) is 17.4 Å². The summed E-state index contributed by atoms with van der Waals surface area (Å²) in [5.41, 5.74) is 3.27. The molecule has 9 heteroatoms. The Balaban J connectivity index is 1.09. The molecule has 0 unspecified atom stereocenters. The largest absolute Gasteiger partial charge is 0.487 e. The maximum Gasteiger partial charge on any atom is 0.151 e. The molecular formula is C33H34FN3O4S. The molecule has 0 spiro atoms. The van der Waals surface area contributed by atoms with Crippen LogP contribution in [-0.4, -0.2) is 21.4 Å². The van der Waals surface area contributed by atoms with Crippen LogP contribution in [0.4, 0.5) is 4.39 Å². The van der Waals surface area contributed by atoms with E-state index in [0.717, 1.165) is 53.2 Å². The number of nitriles is 1. The van der Waals surface area contributed by atoms with Gasteiger partial charge in [0.1, 0.15) is 39.9 Å². The second kappa shape index (κ2) is 10.4. The number of fused-ring (bicyclic) bond motifs is 3. The highest BCUT2D eigenvalue weighted by Crippen LogP contribution is 2.59. The lowest BCUT2D eigenvalue weighted by atomic mass is 9.72. The van der Waals surface area contributed by atoms with Crippen molar-refractivity contribution < 1.29 is 23.5 Å². The third-order valence-corrected chi connectivity index (χ3v) is 10.7. The molecule has 2 bridgehead atoms. The average Bonchev–Trinajstić information content (AvgIpc) is 3.56. The highest BCUT2D eigenvalue weighted by Gasteiger charge is 2.59. The summed E-state index contributed by atoms with van der Waals surface area (Å²) in [5.74, 6) is 1.82. The van der Waals surface area contributed by atoms with Gasteiger partial charge in [0.2, 0.25) is 0 Å². The third-order valence-electron chi connectivity index (χ3n) is 9.59. The van der Waals surface area contributed by atoms with Gasteiger partial charge < -0.3 is 19.1 Å². The second-order valence-corrected chi connectivity index (χ2v) is 13.5. The Morgan fingerprint density at radius 1 is 1.17 bits per heavy atom. The molecule has 5 atom stereocenters. The number of hydrogen-bond donors (Lipinski definition) is 1. The minimum absolute atomic E-state index is 0.0316. The van der Waals surface area contributed by atoms with Gasteiger partial charge in [-0.05, 0) is 87.0 Å². The molecule has 3 fully saturated rings. The molecule has 4 aromatic rings. The summed E-state index contributed by atoms with van der Waals surface area (Å²) in [6.07, 6.45) is 4.40. The highest BCUT2D eigenvalue weighted by atomic mass is 32.1. The van der Waals surface area contributed by atoms with Gasteiger partial charge in [0, 0.05) is 11.5 Å². The molecule has 1 N–H and O–H groups in total. The number of halogens is 1. The van der Waals surface area contributed by atoms with Crippen LogP contribution in [0.15, 0.2) is 34.9 Å². The van der Waals surface area contributed by atoms with Gasteiger partial charge in [-0.1, -0.05) is 30.3 Å². The summed E-state index contributed by atoms with van der Waals surface area (Å²) in [6.45, 7) is 6.96. The fourth-order valence-electron chi connectivity index (χ4n) is 7.27. The Bertz CT molecular complexity index is 1690. The first-order chi connectivity index (χ1) is 20.3. The van der Waals surface area contributed by atoms with Crippen molar-refractivity contribution in [2.24, 2.45) is 17.8 Å². The molecule has 0 saturated heterocycles. The van der Waals surface area contributed by atoms with Crippen LogP contribution in [0, 0.1) is 48.7 Å². The van der Waals surface area contributed by atoms with E-state index < -0.39 is 11.4 Å². The molecule has 42 heavy (non-hydrogen) atoms. The first kappa shape index (κ1) is 27.5.